The Labute approximate surface area is 617 Å². The number of allylic oxidation sites excluding steroid dienone is 24. The van der Waals surface area contributed by atoms with Gasteiger partial charge in [-0.3, -0.25) is 37.3 Å². The molecule has 3 N–H and O–H groups in total. The molecular formula is C83H138O17P2. The van der Waals surface area contributed by atoms with Crippen LogP contribution in [0.4, 0.5) is 0 Å². The third kappa shape index (κ3) is 73.3. The average molecular weight is 1470 g/mol. The molecule has 0 amide bonds. The van der Waals surface area contributed by atoms with Crippen LogP contribution < -0.4 is 0 Å². The number of rotatable bonds is 72. The van der Waals surface area contributed by atoms with Crippen LogP contribution in [0.5, 0.6) is 0 Å². The number of aliphatic hydroxyl groups excluding tert-OH is 1. The molecule has 19 heteroatoms. The van der Waals surface area contributed by atoms with E-state index in [1.807, 2.05) is 0 Å². The van der Waals surface area contributed by atoms with Gasteiger partial charge < -0.3 is 33.8 Å². The van der Waals surface area contributed by atoms with Crippen molar-refractivity contribution in [2.45, 2.75) is 316 Å². The van der Waals surface area contributed by atoms with Crippen LogP contribution in [0.3, 0.4) is 0 Å². The minimum atomic E-state index is -4.99. The summed E-state index contributed by atoms with van der Waals surface area (Å²) < 4.78 is 68.5. The van der Waals surface area contributed by atoms with Crippen molar-refractivity contribution in [2.24, 2.45) is 0 Å². The molecule has 0 saturated heterocycles. The second-order valence-corrected chi connectivity index (χ2v) is 28.4. The zero-order chi connectivity index (χ0) is 74.6. The molecule has 0 fully saturated rings. The van der Waals surface area contributed by atoms with Gasteiger partial charge in [-0.1, -0.05) is 263 Å². The Morgan fingerprint density at radius 2 is 0.510 bits per heavy atom. The van der Waals surface area contributed by atoms with Crippen molar-refractivity contribution < 1.29 is 80.2 Å². The molecule has 0 aliphatic rings. The number of hydrogen-bond acceptors (Lipinski definition) is 15. The van der Waals surface area contributed by atoms with Gasteiger partial charge >= 0.3 is 39.5 Å². The quantitative estimate of drug-likeness (QED) is 0.0169. The molecule has 0 spiro atoms. The third-order valence-electron chi connectivity index (χ3n) is 15.8. The molecular weight excluding hydrogens is 1330 g/mol. The SMILES string of the molecule is CC/C=C\C/C=C\C/C=C\C/C=C\CCCCCCC(=O)OCC(COP(=O)(O)OCC(O)COP(=O)(O)OCC(COC(=O)CCCCCCCCC/C=C\C/C=C\C/C=C\CC)OC(=O)CCCCCCC/C=C\CCCC)OC(=O)CCCCCC/C=C\C/C=C\C/C=C\C/C=C\CC. The van der Waals surface area contributed by atoms with Crippen LogP contribution in [-0.4, -0.2) is 96.7 Å². The molecule has 0 aromatic carbocycles. The number of phosphoric acid groups is 2. The Kier molecular flexibility index (Phi) is 70.5. The van der Waals surface area contributed by atoms with Gasteiger partial charge in [-0.25, -0.2) is 9.13 Å². The lowest BCUT2D eigenvalue weighted by atomic mass is 10.1. The summed E-state index contributed by atoms with van der Waals surface area (Å²) >= 11 is 0. The largest absolute Gasteiger partial charge is 0.472 e. The molecule has 5 atom stereocenters. The van der Waals surface area contributed by atoms with Crippen molar-refractivity contribution in [1.29, 1.82) is 0 Å². The van der Waals surface area contributed by atoms with Crippen molar-refractivity contribution >= 4 is 39.5 Å². The van der Waals surface area contributed by atoms with Crippen molar-refractivity contribution in [3.8, 4) is 0 Å². The molecule has 0 aliphatic carbocycles. The van der Waals surface area contributed by atoms with Gasteiger partial charge in [-0.15, -0.1) is 0 Å². The topological polar surface area (TPSA) is 237 Å². The Morgan fingerprint density at radius 3 is 0.794 bits per heavy atom. The van der Waals surface area contributed by atoms with Crippen molar-refractivity contribution in [3.05, 3.63) is 146 Å². The molecule has 0 rings (SSSR count). The third-order valence-corrected chi connectivity index (χ3v) is 17.7. The van der Waals surface area contributed by atoms with Crippen LogP contribution in [0.25, 0.3) is 0 Å². The van der Waals surface area contributed by atoms with Gasteiger partial charge in [-0.2, -0.15) is 0 Å². The van der Waals surface area contributed by atoms with E-state index in [1.54, 1.807) is 0 Å². The highest BCUT2D eigenvalue weighted by Gasteiger charge is 2.30. The van der Waals surface area contributed by atoms with E-state index in [4.69, 9.17) is 37.0 Å². The number of unbranched alkanes of at least 4 members (excludes halogenated alkanes) is 22. The monoisotopic (exact) mass is 1470 g/mol. The summed E-state index contributed by atoms with van der Waals surface area (Å²) in [4.78, 5) is 72.9. The standard InChI is InChI=1S/C83H138O17P2/c1-5-9-13-17-21-25-29-32-35-38-41-44-48-51-55-59-63-67-80(85)93-73-78(99-82(87)69-65-61-57-53-47-28-24-20-16-12-8-4)75-97-101(89,90)95-71-77(84)72-96-102(91,92)98-76-79(100-83(88)70-66-62-58-54-50-46-43-40-37-34-31-27-23-19-15-11-7-3)74-94-81(86)68-64-60-56-52-49-45-42-39-36-33-30-26-22-18-14-10-6-2/h9-11,13-15,20-27,32-37,42-43,45-46,77-79,84H,5-8,12,16-19,28-31,38-41,44,47-76H2,1-4H3,(H,89,90)(H,91,92)/b13-9-,14-10-,15-11-,24-20-,25-21-,26-22-,27-23-,35-32-,36-33-,37-34-,45-42-,46-43-. The summed E-state index contributed by atoms with van der Waals surface area (Å²) in [5, 5.41) is 10.6. The minimum absolute atomic E-state index is 0.0568. The van der Waals surface area contributed by atoms with Crippen LogP contribution in [0.15, 0.2) is 146 Å². The van der Waals surface area contributed by atoms with E-state index in [2.05, 4.69) is 174 Å². The molecule has 582 valence electrons. The number of phosphoric ester groups is 2. The highest BCUT2D eigenvalue weighted by molar-refractivity contribution is 7.47. The Balaban J connectivity index is 5.39. The number of carbonyl (C=O) groups excluding carboxylic acids is 4. The van der Waals surface area contributed by atoms with Gasteiger partial charge in [0.25, 0.3) is 0 Å². The number of ether oxygens (including phenoxy) is 4. The van der Waals surface area contributed by atoms with E-state index in [0.717, 1.165) is 205 Å². The zero-order valence-electron chi connectivity index (χ0n) is 63.5. The summed E-state index contributed by atoms with van der Waals surface area (Å²) in [7, 11) is -9.98. The van der Waals surface area contributed by atoms with E-state index in [1.165, 1.54) is 12.8 Å². The first-order valence-corrected chi connectivity index (χ1v) is 42.1. The summed E-state index contributed by atoms with van der Waals surface area (Å²) in [5.74, 6) is -2.25. The van der Waals surface area contributed by atoms with E-state index in [9.17, 15) is 43.2 Å². The Hall–Kier alpha value is -5.06. The highest BCUT2D eigenvalue weighted by Crippen LogP contribution is 2.45. The second kappa shape index (κ2) is 74.2. The van der Waals surface area contributed by atoms with Crippen molar-refractivity contribution in [1.82, 2.24) is 0 Å². The van der Waals surface area contributed by atoms with Crippen LogP contribution in [0.2, 0.25) is 0 Å². The maximum absolute atomic E-state index is 13.1. The maximum atomic E-state index is 13.1. The number of carbonyl (C=O) groups is 4. The van der Waals surface area contributed by atoms with Gasteiger partial charge in [0.1, 0.15) is 19.3 Å². The fourth-order valence-electron chi connectivity index (χ4n) is 9.90. The lowest BCUT2D eigenvalue weighted by Gasteiger charge is -2.21. The molecule has 17 nitrogen and oxygen atoms in total. The van der Waals surface area contributed by atoms with Crippen LogP contribution >= 0.6 is 15.6 Å². The minimum Gasteiger partial charge on any atom is -0.462 e. The Morgan fingerprint density at radius 1 is 0.284 bits per heavy atom. The lowest BCUT2D eigenvalue weighted by molar-refractivity contribution is -0.161. The van der Waals surface area contributed by atoms with Gasteiger partial charge in [0.2, 0.25) is 0 Å². The number of aliphatic hydroxyl groups is 1. The molecule has 102 heavy (non-hydrogen) atoms. The highest BCUT2D eigenvalue weighted by atomic mass is 31.2. The van der Waals surface area contributed by atoms with Crippen LogP contribution in [0, 0.1) is 0 Å². The summed E-state index contributed by atoms with van der Waals surface area (Å²) in [5.41, 5.74) is 0. The molecule has 0 bridgehead atoms. The number of esters is 4. The first-order valence-electron chi connectivity index (χ1n) is 39.1. The predicted octanol–water partition coefficient (Wildman–Crippen LogP) is 22.7. The molecule has 0 radical (unpaired) electrons. The number of hydrogen-bond donors (Lipinski definition) is 3. The van der Waals surface area contributed by atoms with E-state index in [0.29, 0.717) is 25.7 Å². The fraction of sp³-hybridized carbons (Fsp3) is 0.663. The molecule has 0 heterocycles. The molecule has 0 aliphatic heterocycles. The first kappa shape index (κ1) is 96.9. The van der Waals surface area contributed by atoms with Crippen molar-refractivity contribution in [2.75, 3.05) is 39.6 Å². The molecule has 0 aromatic rings. The molecule has 0 saturated carbocycles. The first-order chi connectivity index (χ1) is 49.7. The summed E-state index contributed by atoms with van der Waals surface area (Å²) in [6, 6.07) is 0. The normalized spacial score (nSPS) is 14.7. The molecule has 0 aromatic heterocycles. The second-order valence-electron chi connectivity index (χ2n) is 25.5. The van der Waals surface area contributed by atoms with E-state index >= 15 is 0 Å². The van der Waals surface area contributed by atoms with E-state index in [-0.39, 0.29) is 25.7 Å². The van der Waals surface area contributed by atoms with Gasteiger partial charge in [0.15, 0.2) is 12.2 Å². The zero-order valence-corrected chi connectivity index (χ0v) is 65.3. The van der Waals surface area contributed by atoms with Crippen molar-refractivity contribution in [3.63, 3.8) is 0 Å². The summed E-state index contributed by atoms with van der Waals surface area (Å²) in [6.45, 7) is 4.42. The smallest absolute Gasteiger partial charge is 0.462 e. The lowest BCUT2D eigenvalue weighted by Crippen LogP contribution is -2.30. The maximum Gasteiger partial charge on any atom is 0.472 e. The van der Waals surface area contributed by atoms with Gasteiger partial charge in [0, 0.05) is 25.7 Å². The van der Waals surface area contributed by atoms with E-state index < -0.39 is 97.5 Å². The van der Waals surface area contributed by atoms with Crippen LogP contribution in [0.1, 0.15) is 297 Å². The fourth-order valence-corrected chi connectivity index (χ4v) is 11.5. The van der Waals surface area contributed by atoms with Gasteiger partial charge in [0.05, 0.1) is 26.4 Å². The molecule has 5 unspecified atom stereocenters. The predicted molar refractivity (Wildman–Crippen MR) is 417 cm³/mol. The van der Waals surface area contributed by atoms with Crippen LogP contribution in [-0.2, 0) is 65.4 Å². The van der Waals surface area contributed by atoms with Gasteiger partial charge in [-0.05, 0) is 154 Å². The summed E-state index contributed by atoms with van der Waals surface area (Å²) in [6.07, 6.45) is 84.0. The Bertz CT molecular complexity index is 2510. The average Bonchev–Trinajstić information content (AvgIpc) is 0.994.